The molecule has 1 aliphatic carbocycles. The predicted molar refractivity (Wildman–Crippen MR) is 78.5 cm³/mol. The van der Waals surface area contributed by atoms with Crippen molar-refractivity contribution in [2.75, 3.05) is 18.0 Å². The molecule has 0 atom stereocenters. The third-order valence-electron chi connectivity index (χ3n) is 4.90. The van der Waals surface area contributed by atoms with Crippen LogP contribution in [0.3, 0.4) is 0 Å². The highest BCUT2D eigenvalue weighted by molar-refractivity contribution is 5.28. The minimum atomic E-state index is -0.399. The molecular weight excluding hydrogens is 252 g/mol. The van der Waals surface area contributed by atoms with Crippen molar-refractivity contribution in [3.05, 3.63) is 5.89 Å². The van der Waals surface area contributed by atoms with Gasteiger partial charge < -0.3 is 15.2 Å². The first-order chi connectivity index (χ1) is 9.67. The molecule has 2 aliphatic rings. The molecule has 20 heavy (non-hydrogen) atoms. The molecule has 1 aromatic heterocycles. The molecule has 0 aromatic carbocycles. The number of nitrogens with two attached hydrogens (primary N) is 1. The summed E-state index contributed by atoms with van der Waals surface area (Å²) in [6.45, 7) is 4.36. The fourth-order valence-corrected chi connectivity index (χ4v) is 3.31. The van der Waals surface area contributed by atoms with Gasteiger partial charge in [0.15, 0.2) is 0 Å². The summed E-state index contributed by atoms with van der Waals surface area (Å²) in [5.74, 6) is 2.15. The Balaban J connectivity index is 1.72. The van der Waals surface area contributed by atoms with Gasteiger partial charge in [0.2, 0.25) is 5.89 Å². The number of rotatable bonds is 2. The monoisotopic (exact) mass is 278 g/mol. The van der Waals surface area contributed by atoms with Gasteiger partial charge in [-0.1, -0.05) is 19.8 Å². The lowest BCUT2D eigenvalue weighted by Gasteiger charge is -2.32. The summed E-state index contributed by atoms with van der Waals surface area (Å²) in [6, 6.07) is 0. The van der Waals surface area contributed by atoms with Crippen LogP contribution < -0.4 is 10.6 Å². The zero-order valence-corrected chi connectivity index (χ0v) is 12.5. The maximum absolute atomic E-state index is 6.50. The molecule has 0 unspecified atom stereocenters. The molecule has 2 fully saturated rings. The van der Waals surface area contributed by atoms with E-state index in [0.29, 0.717) is 5.89 Å². The Morgan fingerprint density at radius 1 is 1.15 bits per heavy atom. The number of hydrogen-bond acceptors (Lipinski definition) is 5. The zero-order valence-electron chi connectivity index (χ0n) is 12.5. The number of aromatic nitrogens is 2. The second kappa shape index (κ2) is 5.72. The van der Waals surface area contributed by atoms with Crippen LogP contribution in [0, 0.1) is 5.92 Å². The van der Waals surface area contributed by atoms with E-state index >= 15 is 0 Å². The molecule has 0 amide bonds. The Labute approximate surface area is 120 Å². The third-order valence-corrected chi connectivity index (χ3v) is 4.90. The van der Waals surface area contributed by atoms with E-state index in [4.69, 9.17) is 10.3 Å². The van der Waals surface area contributed by atoms with Gasteiger partial charge in [0.05, 0.1) is 5.54 Å². The first kappa shape index (κ1) is 13.9. The number of hydrogen-bond donors (Lipinski definition) is 1. The van der Waals surface area contributed by atoms with Crippen molar-refractivity contribution in [2.45, 2.75) is 63.8 Å². The van der Waals surface area contributed by atoms with E-state index in [9.17, 15) is 0 Å². The van der Waals surface area contributed by atoms with Crippen LogP contribution in [-0.4, -0.2) is 23.2 Å². The van der Waals surface area contributed by atoms with Crippen molar-refractivity contribution < 1.29 is 4.52 Å². The van der Waals surface area contributed by atoms with E-state index in [0.717, 1.165) is 50.6 Å². The fourth-order valence-electron chi connectivity index (χ4n) is 3.31. The standard InChI is InChI=1S/C15H26N4O/c1-12-6-8-15(16,9-7-12)13-17-14(18-20-13)19-10-4-2-3-5-11-19/h12H,2-11,16H2,1H3. The Morgan fingerprint density at radius 3 is 2.45 bits per heavy atom. The van der Waals surface area contributed by atoms with Crippen molar-refractivity contribution in [1.29, 1.82) is 0 Å². The van der Waals surface area contributed by atoms with Crippen LogP contribution in [0.2, 0.25) is 0 Å². The summed E-state index contributed by atoms with van der Waals surface area (Å²) in [4.78, 5) is 6.86. The van der Waals surface area contributed by atoms with Crippen LogP contribution >= 0.6 is 0 Å². The highest BCUT2D eigenvalue weighted by atomic mass is 16.5. The molecule has 2 heterocycles. The van der Waals surface area contributed by atoms with E-state index in [1.165, 1.54) is 25.7 Å². The molecule has 0 bridgehead atoms. The van der Waals surface area contributed by atoms with E-state index in [2.05, 4.69) is 22.0 Å². The van der Waals surface area contributed by atoms with E-state index in [1.54, 1.807) is 0 Å². The average molecular weight is 278 g/mol. The van der Waals surface area contributed by atoms with Crippen LogP contribution in [-0.2, 0) is 5.54 Å². The Morgan fingerprint density at radius 2 is 1.80 bits per heavy atom. The SMILES string of the molecule is CC1CCC(N)(c2nc(N3CCCCCC3)no2)CC1. The Bertz CT molecular complexity index is 429. The van der Waals surface area contributed by atoms with Crippen molar-refractivity contribution >= 4 is 5.95 Å². The molecule has 112 valence electrons. The Hall–Kier alpha value is -1.10. The first-order valence-electron chi connectivity index (χ1n) is 8.05. The van der Waals surface area contributed by atoms with Gasteiger partial charge in [0.1, 0.15) is 0 Å². The topological polar surface area (TPSA) is 68.2 Å². The van der Waals surface area contributed by atoms with Crippen molar-refractivity contribution in [3.8, 4) is 0 Å². The smallest absolute Gasteiger partial charge is 0.266 e. The van der Waals surface area contributed by atoms with E-state index in [-0.39, 0.29) is 0 Å². The Kier molecular flexibility index (Phi) is 3.96. The van der Waals surface area contributed by atoms with Crippen molar-refractivity contribution in [1.82, 2.24) is 10.1 Å². The van der Waals surface area contributed by atoms with Gasteiger partial charge in [-0.25, -0.2) is 0 Å². The lowest BCUT2D eigenvalue weighted by atomic mass is 9.78. The molecule has 2 N–H and O–H groups in total. The van der Waals surface area contributed by atoms with Crippen LogP contribution in [0.15, 0.2) is 4.52 Å². The molecular formula is C15H26N4O. The summed E-state index contributed by atoms with van der Waals surface area (Å²) in [6.07, 6.45) is 9.26. The maximum Gasteiger partial charge on any atom is 0.266 e. The van der Waals surface area contributed by atoms with Gasteiger partial charge in [0, 0.05) is 13.1 Å². The summed E-state index contributed by atoms with van der Waals surface area (Å²) < 4.78 is 5.51. The normalized spacial score (nSPS) is 32.1. The van der Waals surface area contributed by atoms with Gasteiger partial charge in [-0.2, -0.15) is 4.98 Å². The summed E-state index contributed by atoms with van der Waals surface area (Å²) in [7, 11) is 0. The minimum Gasteiger partial charge on any atom is -0.338 e. The fraction of sp³-hybridized carbons (Fsp3) is 0.867. The molecule has 5 heteroatoms. The van der Waals surface area contributed by atoms with E-state index in [1.807, 2.05) is 0 Å². The molecule has 3 rings (SSSR count). The molecule has 1 saturated carbocycles. The van der Waals surface area contributed by atoms with Crippen molar-refractivity contribution in [3.63, 3.8) is 0 Å². The van der Waals surface area contributed by atoms with Crippen molar-refractivity contribution in [2.24, 2.45) is 11.7 Å². The number of nitrogens with zero attached hydrogens (tertiary/aromatic N) is 3. The minimum absolute atomic E-state index is 0.399. The van der Waals surface area contributed by atoms with Gasteiger partial charge >= 0.3 is 0 Å². The highest BCUT2D eigenvalue weighted by Gasteiger charge is 2.37. The summed E-state index contributed by atoms with van der Waals surface area (Å²) in [5.41, 5.74) is 6.10. The predicted octanol–water partition coefficient (Wildman–Crippen LogP) is 2.81. The molecule has 1 saturated heterocycles. The lowest BCUT2D eigenvalue weighted by molar-refractivity contribution is 0.190. The largest absolute Gasteiger partial charge is 0.338 e. The lowest BCUT2D eigenvalue weighted by Crippen LogP contribution is -2.40. The van der Waals surface area contributed by atoms with Gasteiger partial charge in [-0.05, 0) is 49.6 Å². The van der Waals surface area contributed by atoms with E-state index < -0.39 is 5.54 Å². The molecule has 1 aromatic rings. The summed E-state index contributed by atoms with van der Waals surface area (Å²) in [5, 5.41) is 4.18. The van der Waals surface area contributed by atoms with Gasteiger partial charge in [-0.3, -0.25) is 0 Å². The highest BCUT2D eigenvalue weighted by Crippen LogP contribution is 2.37. The second-order valence-electron chi connectivity index (χ2n) is 6.64. The molecule has 0 spiro atoms. The van der Waals surface area contributed by atoms with Gasteiger partial charge in [0.25, 0.3) is 5.95 Å². The van der Waals surface area contributed by atoms with Crippen LogP contribution in [0.1, 0.15) is 64.2 Å². The van der Waals surface area contributed by atoms with Crippen LogP contribution in [0.4, 0.5) is 5.95 Å². The van der Waals surface area contributed by atoms with Crippen LogP contribution in [0.25, 0.3) is 0 Å². The summed E-state index contributed by atoms with van der Waals surface area (Å²) >= 11 is 0. The average Bonchev–Trinajstić information content (AvgIpc) is 2.80. The third kappa shape index (κ3) is 2.82. The van der Waals surface area contributed by atoms with Gasteiger partial charge in [-0.15, -0.1) is 0 Å². The van der Waals surface area contributed by atoms with Crippen LogP contribution in [0.5, 0.6) is 0 Å². The molecule has 1 aliphatic heterocycles. The second-order valence-corrected chi connectivity index (χ2v) is 6.64. The zero-order chi connectivity index (χ0) is 14.0. The quantitative estimate of drug-likeness (QED) is 0.901. The molecule has 0 radical (unpaired) electrons. The molecule has 5 nitrogen and oxygen atoms in total. The first-order valence-corrected chi connectivity index (χ1v) is 8.05. The maximum atomic E-state index is 6.50. The number of anilines is 1.